The Morgan fingerprint density at radius 3 is 1.88 bits per heavy atom. The quantitative estimate of drug-likeness (QED) is 0.357. The summed E-state index contributed by atoms with van der Waals surface area (Å²) in [5, 5.41) is 4.82. The molecule has 0 amide bonds. The monoisotopic (exact) mass is 435 g/mol. The summed E-state index contributed by atoms with van der Waals surface area (Å²) in [7, 11) is 0. The van der Waals surface area contributed by atoms with Crippen LogP contribution in [0.3, 0.4) is 0 Å². The van der Waals surface area contributed by atoms with Gasteiger partial charge in [-0.15, -0.1) is 5.10 Å². The van der Waals surface area contributed by atoms with Crippen molar-refractivity contribution in [1.82, 2.24) is 14.8 Å². The van der Waals surface area contributed by atoms with Crippen molar-refractivity contribution in [2.45, 2.75) is 0 Å². The molecule has 0 atom stereocenters. The summed E-state index contributed by atoms with van der Waals surface area (Å²) in [6.45, 7) is 0. The molecule has 5 aromatic rings. The van der Waals surface area contributed by atoms with Crippen molar-refractivity contribution < 1.29 is 14.0 Å². The van der Waals surface area contributed by atoms with E-state index in [0.29, 0.717) is 5.82 Å². The van der Waals surface area contributed by atoms with E-state index in [-0.39, 0.29) is 12.0 Å². The van der Waals surface area contributed by atoms with Crippen LogP contribution in [0.15, 0.2) is 109 Å². The number of halogens is 1. The Morgan fingerprint density at radius 1 is 0.636 bits per heavy atom. The fourth-order valence-corrected chi connectivity index (χ4v) is 3.44. The predicted molar refractivity (Wildman–Crippen MR) is 123 cm³/mol. The summed E-state index contributed by atoms with van der Waals surface area (Å²) in [6.07, 6.45) is 0.250. The van der Waals surface area contributed by atoms with E-state index in [4.69, 9.17) is 19.7 Å². The minimum atomic E-state index is -0.245. The van der Waals surface area contributed by atoms with Gasteiger partial charge in [0, 0.05) is 11.1 Å². The van der Waals surface area contributed by atoms with Gasteiger partial charge in [0.15, 0.2) is 11.6 Å². The maximum atomic E-state index is 13.3. The van der Waals surface area contributed by atoms with Crippen LogP contribution in [-0.2, 0) is 9.59 Å². The fourth-order valence-electron chi connectivity index (χ4n) is 3.44. The lowest BCUT2D eigenvalue weighted by molar-refractivity contribution is -0.191. The van der Waals surface area contributed by atoms with Gasteiger partial charge in [0.05, 0.1) is 5.69 Å². The Labute approximate surface area is 189 Å². The van der Waals surface area contributed by atoms with Crippen LogP contribution in [0.4, 0.5) is 4.39 Å². The van der Waals surface area contributed by atoms with Crippen LogP contribution in [0.2, 0.25) is 0 Å². The molecule has 0 spiro atoms. The summed E-state index contributed by atoms with van der Waals surface area (Å²) in [5.41, 5.74) is 4.79. The zero-order valence-electron chi connectivity index (χ0n) is 17.4. The summed E-state index contributed by atoms with van der Waals surface area (Å²) in [4.78, 5) is 21.1. The van der Waals surface area contributed by atoms with E-state index in [1.54, 1.807) is 12.1 Å². The van der Waals surface area contributed by atoms with Gasteiger partial charge in [-0.1, -0.05) is 78.9 Å². The van der Waals surface area contributed by atoms with Gasteiger partial charge in [-0.2, -0.15) is 9.59 Å². The normalized spacial score (nSPS) is 10.1. The molecule has 1 aromatic heterocycles. The van der Waals surface area contributed by atoms with E-state index in [1.807, 2.05) is 89.6 Å². The maximum absolute atomic E-state index is 13.3. The van der Waals surface area contributed by atoms with Crippen molar-refractivity contribution in [1.29, 1.82) is 0 Å². The molecule has 0 aliphatic heterocycles. The van der Waals surface area contributed by atoms with Gasteiger partial charge in [0.2, 0.25) is 0 Å². The van der Waals surface area contributed by atoms with Crippen molar-refractivity contribution in [2.24, 2.45) is 0 Å². The molecule has 0 saturated carbocycles. The first-order chi connectivity index (χ1) is 16.2. The number of benzene rings is 4. The second-order valence-electron chi connectivity index (χ2n) is 7.04. The van der Waals surface area contributed by atoms with Crippen LogP contribution in [0.25, 0.3) is 39.6 Å². The highest BCUT2D eigenvalue weighted by molar-refractivity contribution is 5.71. The average molecular weight is 435 g/mol. The van der Waals surface area contributed by atoms with E-state index in [1.165, 1.54) is 12.1 Å². The van der Waals surface area contributed by atoms with Crippen molar-refractivity contribution in [3.63, 3.8) is 0 Å². The third kappa shape index (κ3) is 4.98. The van der Waals surface area contributed by atoms with Crippen LogP contribution in [0, 0.1) is 5.82 Å². The van der Waals surface area contributed by atoms with Gasteiger partial charge in [0.1, 0.15) is 5.82 Å². The minimum absolute atomic E-state index is 0.245. The molecule has 0 unspecified atom stereocenters. The third-order valence-electron chi connectivity index (χ3n) is 4.94. The largest absolute Gasteiger partial charge is 0.373 e. The van der Waals surface area contributed by atoms with Crippen LogP contribution >= 0.6 is 0 Å². The van der Waals surface area contributed by atoms with Gasteiger partial charge in [0.25, 0.3) is 0 Å². The molecule has 1 heterocycles. The molecular weight excluding hydrogens is 417 g/mol. The molecule has 0 N–H and O–H groups in total. The standard InChI is InChI=1S/C26H18FN3.CO2/c27-23-16-14-19(15-17-23)21-10-7-11-22(18-21)25-28-26(20-8-3-1-4-9-20)30(29-25)24-12-5-2-6-13-24;2-1-3/h1-18H;. The van der Waals surface area contributed by atoms with E-state index in [9.17, 15) is 4.39 Å². The lowest BCUT2D eigenvalue weighted by Crippen LogP contribution is -1.99. The second kappa shape index (κ2) is 10.1. The Hall–Kier alpha value is -4.67. The van der Waals surface area contributed by atoms with Crippen molar-refractivity contribution >= 4 is 6.15 Å². The molecule has 4 aromatic carbocycles. The first-order valence-electron chi connectivity index (χ1n) is 10.1. The van der Waals surface area contributed by atoms with Crippen molar-refractivity contribution in [2.75, 3.05) is 0 Å². The Bertz CT molecular complexity index is 1320. The van der Waals surface area contributed by atoms with E-state index in [2.05, 4.69) is 0 Å². The molecule has 33 heavy (non-hydrogen) atoms. The number of para-hydroxylation sites is 1. The van der Waals surface area contributed by atoms with Crippen LogP contribution in [-0.4, -0.2) is 20.9 Å². The number of hydrogen-bond donors (Lipinski definition) is 0. The molecule has 0 radical (unpaired) electrons. The smallest absolute Gasteiger partial charge is 0.213 e. The molecule has 5 rings (SSSR count). The maximum Gasteiger partial charge on any atom is 0.373 e. The molecule has 0 bridgehead atoms. The van der Waals surface area contributed by atoms with Crippen molar-refractivity contribution in [3.05, 3.63) is 115 Å². The molecular formula is C27H18FN3O2. The minimum Gasteiger partial charge on any atom is -0.213 e. The third-order valence-corrected chi connectivity index (χ3v) is 4.94. The Morgan fingerprint density at radius 2 is 1.21 bits per heavy atom. The lowest BCUT2D eigenvalue weighted by atomic mass is 10.0. The van der Waals surface area contributed by atoms with E-state index in [0.717, 1.165) is 33.8 Å². The molecule has 5 nitrogen and oxygen atoms in total. The van der Waals surface area contributed by atoms with Gasteiger partial charge in [-0.25, -0.2) is 14.1 Å². The lowest BCUT2D eigenvalue weighted by Gasteiger charge is -2.05. The number of aromatic nitrogens is 3. The highest BCUT2D eigenvalue weighted by Gasteiger charge is 2.15. The van der Waals surface area contributed by atoms with Crippen molar-refractivity contribution in [3.8, 4) is 39.6 Å². The van der Waals surface area contributed by atoms with Gasteiger partial charge >= 0.3 is 6.15 Å². The molecule has 0 saturated heterocycles. The average Bonchev–Trinajstić information content (AvgIpc) is 3.32. The topological polar surface area (TPSA) is 64.8 Å². The van der Waals surface area contributed by atoms with Crippen LogP contribution in [0.5, 0.6) is 0 Å². The van der Waals surface area contributed by atoms with E-state index < -0.39 is 0 Å². The highest BCUT2D eigenvalue weighted by Crippen LogP contribution is 2.28. The Kier molecular flexibility index (Phi) is 6.59. The number of carbonyl (C=O) groups excluding carboxylic acids is 2. The first kappa shape index (κ1) is 21.6. The van der Waals surface area contributed by atoms with Crippen LogP contribution in [0.1, 0.15) is 0 Å². The summed E-state index contributed by atoms with van der Waals surface area (Å²) in [6, 6.07) is 34.5. The zero-order chi connectivity index (χ0) is 23.0. The van der Waals surface area contributed by atoms with Gasteiger partial charge < -0.3 is 0 Å². The van der Waals surface area contributed by atoms with E-state index >= 15 is 0 Å². The van der Waals surface area contributed by atoms with Crippen LogP contribution < -0.4 is 0 Å². The fraction of sp³-hybridized carbons (Fsp3) is 0. The number of rotatable bonds is 4. The molecule has 0 fully saturated rings. The summed E-state index contributed by atoms with van der Waals surface area (Å²) < 4.78 is 15.2. The number of nitrogens with zero attached hydrogens (tertiary/aromatic N) is 3. The van der Waals surface area contributed by atoms with Gasteiger partial charge in [-0.05, 0) is 41.5 Å². The first-order valence-corrected chi connectivity index (χ1v) is 10.1. The summed E-state index contributed by atoms with van der Waals surface area (Å²) >= 11 is 0. The number of hydrogen-bond acceptors (Lipinski definition) is 4. The Balaban J connectivity index is 0.000000821. The second-order valence-corrected chi connectivity index (χ2v) is 7.04. The SMILES string of the molecule is Fc1ccc(-c2cccc(-c3nc(-c4ccccc4)n(-c4ccccc4)n3)c2)cc1.O=C=O. The summed E-state index contributed by atoms with van der Waals surface area (Å²) in [5.74, 6) is 1.18. The molecule has 0 aliphatic rings. The highest BCUT2D eigenvalue weighted by atomic mass is 19.1. The molecule has 6 heteroatoms. The molecule has 0 aliphatic carbocycles. The zero-order valence-corrected chi connectivity index (χ0v) is 17.4. The molecule has 160 valence electrons. The predicted octanol–water partition coefficient (Wildman–Crippen LogP) is 5.82. The van der Waals surface area contributed by atoms with Gasteiger partial charge in [-0.3, -0.25) is 0 Å².